The van der Waals surface area contributed by atoms with E-state index in [4.69, 9.17) is 16.3 Å². The van der Waals surface area contributed by atoms with Crippen LogP contribution in [0.1, 0.15) is 57.9 Å². The fraction of sp³-hybridized carbons (Fsp3) is 0.636. The van der Waals surface area contributed by atoms with Crippen LogP contribution in [-0.2, 0) is 29.6 Å². The molecule has 2 atom stereocenters. The highest BCUT2D eigenvalue weighted by Gasteiger charge is 2.45. The molecule has 1 aromatic carbocycles. The summed E-state index contributed by atoms with van der Waals surface area (Å²) in [5.41, 5.74) is 0.116. The predicted molar refractivity (Wildman–Crippen MR) is 116 cm³/mol. The maximum absolute atomic E-state index is 13.1. The molecule has 0 unspecified atom stereocenters. The third kappa shape index (κ3) is 4.83. The van der Waals surface area contributed by atoms with Gasteiger partial charge in [0.25, 0.3) is 5.91 Å². The normalized spacial score (nSPS) is 23.1. The number of esters is 1. The van der Waals surface area contributed by atoms with Gasteiger partial charge in [0.2, 0.25) is 0 Å². The summed E-state index contributed by atoms with van der Waals surface area (Å²) < 4.78 is 29.4. The molecule has 1 amide bonds. The van der Waals surface area contributed by atoms with Crippen LogP contribution in [0.25, 0.3) is 0 Å². The summed E-state index contributed by atoms with van der Waals surface area (Å²) >= 11 is 6.00. The molecule has 30 heavy (non-hydrogen) atoms. The maximum atomic E-state index is 13.1. The quantitative estimate of drug-likeness (QED) is 0.587. The zero-order valence-corrected chi connectivity index (χ0v) is 19.2. The minimum atomic E-state index is -3.12. The zero-order chi connectivity index (χ0) is 21.9. The van der Waals surface area contributed by atoms with E-state index in [1.54, 1.807) is 17.0 Å². The highest BCUT2D eigenvalue weighted by Crippen LogP contribution is 2.42. The minimum Gasteiger partial charge on any atom is -0.455 e. The first-order valence-corrected chi connectivity index (χ1v) is 12.8. The van der Waals surface area contributed by atoms with Gasteiger partial charge < -0.3 is 9.64 Å². The number of halogens is 1. The fourth-order valence-electron chi connectivity index (χ4n) is 4.70. The van der Waals surface area contributed by atoms with Crippen molar-refractivity contribution in [1.29, 1.82) is 0 Å². The molecule has 1 aliphatic heterocycles. The smallest absolute Gasteiger partial charge is 0.317 e. The van der Waals surface area contributed by atoms with E-state index in [1.807, 2.05) is 26.0 Å². The molecule has 6 nitrogen and oxygen atoms in total. The third-order valence-electron chi connectivity index (χ3n) is 6.53. The summed E-state index contributed by atoms with van der Waals surface area (Å²) in [4.78, 5) is 27.7. The Kier molecular flexibility index (Phi) is 7.13. The first kappa shape index (κ1) is 23.1. The molecular weight excluding hydrogens is 426 g/mol. The molecule has 0 aromatic heterocycles. The number of amides is 1. The van der Waals surface area contributed by atoms with Crippen molar-refractivity contribution in [2.24, 2.45) is 0 Å². The standard InChI is InChI=1S/C22H30ClNO5S/c1-3-16(2)24(19-10-13-30(27,28)15-19)20(25)14-29-21(26)22(11-4-5-12-22)17-6-8-18(23)9-7-17/h6-9,16,19H,3-5,10-15H2,1-2H3/t16-,19+/m1/s1. The first-order valence-electron chi connectivity index (χ1n) is 10.6. The van der Waals surface area contributed by atoms with Gasteiger partial charge in [-0.2, -0.15) is 0 Å². The number of hydrogen-bond acceptors (Lipinski definition) is 5. The van der Waals surface area contributed by atoms with Crippen molar-refractivity contribution < 1.29 is 22.7 Å². The molecular formula is C22H30ClNO5S. The van der Waals surface area contributed by atoms with Crippen LogP contribution in [0.4, 0.5) is 0 Å². The topological polar surface area (TPSA) is 80.8 Å². The minimum absolute atomic E-state index is 0.0221. The second kappa shape index (κ2) is 9.27. The van der Waals surface area contributed by atoms with Gasteiger partial charge in [-0.25, -0.2) is 8.42 Å². The number of nitrogens with zero attached hydrogens (tertiary/aromatic N) is 1. The van der Waals surface area contributed by atoms with Gasteiger partial charge in [-0.05, 0) is 50.3 Å². The van der Waals surface area contributed by atoms with Crippen LogP contribution in [0.2, 0.25) is 5.02 Å². The molecule has 0 spiro atoms. The van der Waals surface area contributed by atoms with Crippen molar-refractivity contribution in [3.05, 3.63) is 34.9 Å². The Morgan fingerprint density at radius 3 is 2.40 bits per heavy atom. The van der Waals surface area contributed by atoms with Gasteiger partial charge in [0.15, 0.2) is 16.4 Å². The van der Waals surface area contributed by atoms with E-state index in [9.17, 15) is 18.0 Å². The van der Waals surface area contributed by atoms with Crippen molar-refractivity contribution in [3.8, 4) is 0 Å². The molecule has 1 saturated heterocycles. The Morgan fingerprint density at radius 1 is 1.23 bits per heavy atom. The van der Waals surface area contributed by atoms with Crippen LogP contribution < -0.4 is 0 Å². The van der Waals surface area contributed by atoms with E-state index in [0.717, 1.165) is 18.4 Å². The number of benzene rings is 1. The van der Waals surface area contributed by atoms with Crippen LogP contribution in [0, 0.1) is 0 Å². The maximum Gasteiger partial charge on any atom is 0.317 e. The lowest BCUT2D eigenvalue weighted by atomic mass is 9.79. The van der Waals surface area contributed by atoms with E-state index in [0.29, 0.717) is 30.7 Å². The average Bonchev–Trinajstić information content (AvgIpc) is 3.34. The Morgan fingerprint density at radius 2 is 1.87 bits per heavy atom. The van der Waals surface area contributed by atoms with Gasteiger partial charge >= 0.3 is 5.97 Å². The van der Waals surface area contributed by atoms with E-state index in [2.05, 4.69) is 0 Å². The summed E-state index contributed by atoms with van der Waals surface area (Å²) in [6.45, 7) is 3.49. The fourth-order valence-corrected chi connectivity index (χ4v) is 6.54. The monoisotopic (exact) mass is 455 g/mol. The molecule has 0 bridgehead atoms. The number of carbonyl (C=O) groups excluding carboxylic acids is 2. The Bertz CT molecular complexity index is 877. The van der Waals surface area contributed by atoms with Crippen molar-refractivity contribution in [2.45, 2.75) is 69.9 Å². The van der Waals surface area contributed by atoms with E-state index < -0.39 is 15.3 Å². The molecule has 2 aliphatic rings. The third-order valence-corrected chi connectivity index (χ3v) is 8.53. The molecule has 8 heteroatoms. The molecule has 2 fully saturated rings. The van der Waals surface area contributed by atoms with Crippen LogP contribution in [0.5, 0.6) is 0 Å². The van der Waals surface area contributed by atoms with Crippen LogP contribution >= 0.6 is 11.6 Å². The first-order chi connectivity index (χ1) is 14.2. The van der Waals surface area contributed by atoms with Crippen LogP contribution in [0.3, 0.4) is 0 Å². The van der Waals surface area contributed by atoms with Gasteiger partial charge in [0.1, 0.15) is 0 Å². The van der Waals surface area contributed by atoms with Gasteiger partial charge in [-0.15, -0.1) is 0 Å². The van der Waals surface area contributed by atoms with Crippen molar-refractivity contribution >= 4 is 33.3 Å². The Balaban J connectivity index is 1.72. The van der Waals surface area contributed by atoms with Crippen LogP contribution in [0.15, 0.2) is 24.3 Å². The molecule has 1 saturated carbocycles. The number of ether oxygens (including phenoxy) is 1. The highest BCUT2D eigenvalue weighted by atomic mass is 35.5. The average molecular weight is 456 g/mol. The summed E-state index contributed by atoms with van der Waals surface area (Å²) in [5.74, 6) is -0.647. The molecule has 1 heterocycles. The van der Waals surface area contributed by atoms with Crippen molar-refractivity contribution in [2.75, 3.05) is 18.1 Å². The molecule has 0 N–H and O–H groups in total. The van der Waals surface area contributed by atoms with Crippen molar-refractivity contribution in [3.63, 3.8) is 0 Å². The largest absolute Gasteiger partial charge is 0.455 e. The Hall–Kier alpha value is -1.60. The molecule has 3 rings (SSSR count). The van der Waals surface area contributed by atoms with Gasteiger partial charge in [0.05, 0.1) is 16.9 Å². The Labute approximate surface area is 183 Å². The SMILES string of the molecule is CC[C@@H](C)N(C(=O)COC(=O)C1(c2ccc(Cl)cc2)CCCC1)[C@H]1CCS(=O)(=O)C1. The summed E-state index contributed by atoms with van der Waals surface area (Å²) in [6.07, 6.45) is 4.33. The summed E-state index contributed by atoms with van der Waals surface area (Å²) in [5, 5.41) is 0.603. The van der Waals surface area contributed by atoms with Crippen molar-refractivity contribution in [1.82, 2.24) is 4.90 Å². The number of rotatable bonds is 7. The molecule has 166 valence electrons. The predicted octanol–water partition coefficient (Wildman–Crippen LogP) is 3.51. The van der Waals surface area contributed by atoms with E-state index >= 15 is 0 Å². The van der Waals surface area contributed by atoms with Gasteiger partial charge in [-0.3, -0.25) is 9.59 Å². The lowest BCUT2D eigenvalue weighted by Crippen LogP contribution is -2.48. The number of carbonyl (C=O) groups is 2. The lowest BCUT2D eigenvalue weighted by molar-refractivity contribution is -0.158. The highest BCUT2D eigenvalue weighted by molar-refractivity contribution is 7.91. The zero-order valence-electron chi connectivity index (χ0n) is 17.6. The van der Waals surface area contributed by atoms with E-state index in [-0.39, 0.29) is 42.1 Å². The molecule has 1 aromatic rings. The molecule has 0 radical (unpaired) electrons. The second-order valence-electron chi connectivity index (χ2n) is 8.49. The van der Waals surface area contributed by atoms with E-state index in [1.165, 1.54) is 0 Å². The lowest BCUT2D eigenvalue weighted by Gasteiger charge is -2.34. The summed E-state index contributed by atoms with van der Waals surface area (Å²) in [6, 6.07) is 6.76. The number of hydrogen-bond donors (Lipinski definition) is 0. The number of sulfone groups is 1. The van der Waals surface area contributed by atoms with Gasteiger partial charge in [0, 0.05) is 17.1 Å². The van der Waals surface area contributed by atoms with Gasteiger partial charge in [-0.1, -0.05) is 43.5 Å². The molecule has 1 aliphatic carbocycles. The summed E-state index contributed by atoms with van der Waals surface area (Å²) in [7, 11) is -3.12. The second-order valence-corrected chi connectivity index (χ2v) is 11.2. The van der Waals surface area contributed by atoms with Crippen LogP contribution in [-0.4, -0.2) is 55.4 Å².